The molecule has 0 bridgehead atoms. The summed E-state index contributed by atoms with van der Waals surface area (Å²) in [5.74, 6) is -3.95. The van der Waals surface area contributed by atoms with Gasteiger partial charge >= 0.3 is 24.0 Å². The Balaban J connectivity index is 3.17. The molecule has 2 N–H and O–H groups in total. The van der Waals surface area contributed by atoms with E-state index >= 15 is 0 Å². The zero-order chi connectivity index (χ0) is 18.8. The Bertz CT molecular complexity index is 628. The van der Waals surface area contributed by atoms with Gasteiger partial charge in [-0.2, -0.15) is 26.3 Å². The van der Waals surface area contributed by atoms with Crippen LogP contribution in [0.2, 0.25) is 0 Å². The van der Waals surface area contributed by atoms with E-state index < -0.39 is 47.7 Å². The summed E-state index contributed by atoms with van der Waals surface area (Å²) >= 11 is 0. The van der Waals surface area contributed by atoms with E-state index in [9.17, 15) is 41.0 Å². The van der Waals surface area contributed by atoms with Crippen molar-refractivity contribution in [3.8, 4) is 0 Å². The maximum atomic E-state index is 12.9. The second kappa shape index (κ2) is 6.67. The fourth-order valence-corrected chi connectivity index (χ4v) is 1.55. The normalized spacial score (nSPS) is 14.7. The van der Waals surface area contributed by atoms with E-state index in [1.165, 1.54) is 0 Å². The van der Waals surface area contributed by atoms with Crippen LogP contribution < -0.4 is 5.32 Å². The third-order valence-electron chi connectivity index (χ3n) is 2.73. The zero-order valence-electron chi connectivity index (χ0n) is 12.0. The molecule has 1 atom stereocenters. The van der Waals surface area contributed by atoms with Crippen LogP contribution in [0.25, 0.3) is 0 Å². The number of carbonyl (C=O) groups is 2. The average Bonchev–Trinajstić information content (AvgIpc) is 2.45. The smallest absolute Gasteiger partial charge is 0.448 e. The molecular formula is C13H11F6NO4. The Morgan fingerprint density at radius 2 is 1.75 bits per heavy atom. The molecule has 1 aromatic rings. The third kappa shape index (κ3) is 4.16. The van der Waals surface area contributed by atoms with Crippen molar-refractivity contribution in [2.75, 3.05) is 6.61 Å². The number of benzene rings is 1. The minimum absolute atomic E-state index is 0.275. The van der Waals surface area contributed by atoms with Crippen LogP contribution in [-0.4, -0.2) is 35.5 Å². The summed E-state index contributed by atoms with van der Waals surface area (Å²) < 4.78 is 80.3. The van der Waals surface area contributed by atoms with Crippen molar-refractivity contribution >= 4 is 11.9 Å². The van der Waals surface area contributed by atoms with Crippen molar-refractivity contribution in [2.45, 2.75) is 25.0 Å². The van der Waals surface area contributed by atoms with Crippen molar-refractivity contribution in [2.24, 2.45) is 0 Å². The minimum atomic E-state index is -5.66. The van der Waals surface area contributed by atoms with Gasteiger partial charge in [0.15, 0.2) is 0 Å². The molecule has 1 amide bonds. The first-order valence-electron chi connectivity index (χ1n) is 6.29. The fraction of sp³-hybridized carbons (Fsp3) is 0.385. The number of ether oxygens (including phenoxy) is 1. The fourth-order valence-electron chi connectivity index (χ4n) is 1.55. The first-order chi connectivity index (χ1) is 10.8. The van der Waals surface area contributed by atoms with Crippen LogP contribution in [-0.2, 0) is 15.7 Å². The van der Waals surface area contributed by atoms with Crippen LogP contribution in [0.3, 0.4) is 0 Å². The highest BCUT2D eigenvalue weighted by Gasteiger charge is 2.62. The SMILES string of the molecule is CCOC(=O)C(O)(NC(=O)c1cccc(C(F)(F)F)c1)C(F)(F)F. The molecule has 0 aliphatic carbocycles. The maximum Gasteiger partial charge on any atom is 0.448 e. The number of alkyl halides is 6. The number of carbonyl (C=O) groups excluding carboxylic acids is 2. The number of rotatable bonds is 4. The lowest BCUT2D eigenvalue weighted by Gasteiger charge is -2.28. The van der Waals surface area contributed by atoms with Gasteiger partial charge in [-0.25, -0.2) is 4.79 Å². The molecule has 1 unspecified atom stereocenters. The summed E-state index contributed by atoms with van der Waals surface area (Å²) in [4.78, 5) is 23.1. The lowest BCUT2D eigenvalue weighted by molar-refractivity contribution is -0.269. The van der Waals surface area contributed by atoms with Gasteiger partial charge in [0.25, 0.3) is 5.91 Å². The van der Waals surface area contributed by atoms with Gasteiger partial charge in [-0.3, -0.25) is 4.79 Å². The van der Waals surface area contributed by atoms with E-state index in [1.807, 2.05) is 0 Å². The van der Waals surface area contributed by atoms with Crippen molar-refractivity contribution in [1.29, 1.82) is 0 Å². The number of nitrogens with one attached hydrogen (secondary N) is 1. The Hall–Kier alpha value is -2.30. The van der Waals surface area contributed by atoms with E-state index in [4.69, 9.17) is 0 Å². The second-order valence-corrected chi connectivity index (χ2v) is 4.46. The van der Waals surface area contributed by atoms with Crippen molar-refractivity contribution in [3.05, 3.63) is 35.4 Å². The van der Waals surface area contributed by atoms with Crippen LogP contribution in [0.15, 0.2) is 24.3 Å². The Labute approximate surface area is 131 Å². The molecule has 5 nitrogen and oxygen atoms in total. The highest BCUT2D eigenvalue weighted by atomic mass is 19.4. The molecular weight excluding hydrogens is 348 g/mol. The van der Waals surface area contributed by atoms with Crippen LogP contribution in [0.1, 0.15) is 22.8 Å². The number of esters is 1. The molecule has 1 rings (SSSR count). The summed E-state index contributed by atoms with van der Waals surface area (Å²) in [7, 11) is 0. The molecule has 1 aromatic carbocycles. The zero-order valence-corrected chi connectivity index (χ0v) is 12.0. The monoisotopic (exact) mass is 359 g/mol. The van der Waals surface area contributed by atoms with Crippen molar-refractivity contribution < 1.29 is 45.8 Å². The predicted molar refractivity (Wildman–Crippen MR) is 66.5 cm³/mol. The Kier molecular flexibility index (Phi) is 5.49. The Morgan fingerprint density at radius 3 is 2.21 bits per heavy atom. The molecule has 0 aromatic heterocycles. The molecule has 0 saturated carbocycles. The number of halogens is 6. The van der Waals surface area contributed by atoms with Gasteiger partial charge in [-0.1, -0.05) is 6.07 Å². The Morgan fingerprint density at radius 1 is 1.17 bits per heavy atom. The van der Waals surface area contributed by atoms with Crippen molar-refractivity contribution in [1.82, 2.24) is 5.32 Å². The lowest BCUT2D eigenvalue weighted by Crippen LogP contribution is -2.64. The summed E-state index contributed by atoms with van der Waals surface area (Å²) in [6.07, 6.45) is -10.5. The second-order valence-electron chi connectivity index (χ2n) is 4.46. The highest BCUT2D eigenvalue weighted by Crippen LogP contribution is 2.31. The van der Waals surface area contributed by atoms with Crippen LogP contribution in [0, 0.1) is 0 Å². The third-order valence-corrected chi connectivity index (χ3v) is 2.73. The van der Waals surface area contributed by atoms with Gasteiger partial charge in [0, 0.05) is 5.56 Å². The lowest BCUT2D eigenvalue weighted by atomic mass is 10.1. The highest BCUT2D eigenvalue weighted by molar-refractivity contribution is 5.98. The van der Waals surface area contributed by atoms with Crippen LogP contribution in [0.5, 0.6) is 0 Å². The quantitative estimate of drug-likeness (QED) is 0.491. The summed E-state index contributed by atoms with van der Waals surface area (Å²) in [6.45, 7) is 0.625. The molecule has 11 heteroatoms. The summed E-state index contributed by atoms with van der Waals surface area (Å²) in [5, 5.41) is 10.4. The molecule has 0 aliphatic rings. The standard InChI is InChI=1S/C13H11F6NO4/c1-2-24-10(22)11(23,13(17,18)19)20-9(21)7-4-3-5-8(6-7)12(14,15)16/h3-6,23H,2H2,1H3,(H,20,21). The molecule has 134 valence electrons. The molecule has 0 spiro atoms. The predicted octanol–water partition coefficient (Wildman–Crippen LogP) is 2.25. The van der Waals surface area contributed by atoms with Gasteiger partial charge in [0.1, 0.15) is 0 Å². The molecule has 24 heavy (non-hydrogen) atoms. The van der Waals surface area contributed by atoms with Gasteiger partial charge in [-0.05, 0) is 25.1 Å². The molecule has 0 fully saturated rings. The summed E-state index contributed by atoms with van der Waals surface area (Å²) in [6, 6.07) is 2.44. The van der Waals surface area contributed by atoms with E-state index in [2.05, 4.69) is 4.74 Å². The average molecular weight is 359 g/mol. The molecule has 0 aliphatic heterocycles. The largest absolute Gasteiger partial charge is 0.462 e. The van der Waals surface area contributed by atoms with Crippen molar-refractivity contribution in [3.63, 3.8) is 0 Å². The van der Waals surface area contributed by atoms with Gasteiger partial charge in [0.05, 0.1) is 12.2 Å². The molecule has 0 saturated heterocycles. The molecule has 0 radical (unpaired) electrons. The minimum Gasteiger partial charge on any atom is -0.462 e. The first kappa shape index (κ1) is 19.7. The number of hydrogen-bond donors (Lipinski definition) is 2. The summed E-state index contributed by atoms with van der Waals surface area (Å²) in [5.41, 5.74) is -6.52. The van der Waals surface area contributed by atoms with E-state index in [0.29, 0.717) is 6.07 Å². The number of aliphatic hydroxyl groups is 1. The van der Waals surface area contributed by atoms with E-state index in [0.717, 1.165) is 24.4 Å². The van der Waals surface area contributed by atoms with Gasteiger partial charge in [0.2, 0.25) is 0 Å². The van der Waals surface area contributed by atoms with E-state index in [-0.39, 0.29) is 6.07 Å². The maximum absolute atomic E-state index is 12.9. The number of amides is 1. The van der Waals surface area contributed by atoms with Gasteiger partial charge < -0.3 is 15.2 Å². The van der Waals surface area contributed by atoms with Crippen LogP contribution in [0.4, 0.5) is 26.3 Å². The first-order valence-corrected chi connectivity index (χ1v) is 6.29. The number of hydrogen-bond acceptors (Lipinski definition) is 4. The molecule has 0 heterocycles. The topological polar surface area (TPSA) is 75.6 Å². The van der Waals surface area contributed by atoms with E-state index in [1.54, 1.807) is 0 Å². The van der Waals surface area contributed by atoms with Gasteiger partial charge in [-0.15, -0.1) is 0 Å². The van der Waals surface area contributed by atoms with Crippen LogP contribution >= 0.6 is 0 Å².